The first-order valence-electron chi connectivity index (χ1n) is 6.26. The van der Waals surface area contributed by atoms with Gasteiger partial charge in [0.1, 0.15) is 0 Å². The number of unbranched alkanes of at least 4 members (excludes halogenated alkanes) is 1. The molecule has 0 aromatic carbocycles. The average molecular weight is 311 g/mol. The van der Waals surface area contributed by atoms with Crippen molar-refractivity contribution in [2.24, 2.45) is 11.3 Å². The molecule has 2 atom stereocenters. The Morgan fingerprint density at radius 1 is 1.38 bits per heavy atom. The van der Waals surface area contributed by atoms with Gasteiger partial charge in [0.25, 0.3) is 0 Å². The predicted octanol–water partition coefficient (Wildman–Crippen LogP) is 3.40. The Labute approximate surface area is 108 Å². The number of sulfone groups is 1. The SMILES string of the molecule is CCCCC(CC)(CBr)C1CCS(=O)(=O)C1. The van der Waals surface area contributed by atoms with E-state index in [1.54, 1.807) is 0 Å². The van der Waals surface area contributed by atoms with Gasteiger partial charge in [-0.2, -0.15) is 0 Å². The van der Waals surface area contributed by atoms with Crippen molar-refractivity contribution >= 4 is 25.8 Å². The van der Waals surface area contributed by atoms with Gasteiger partial charge in [-0.15, -0.1) is 0 Å². The van der Waals surface area contributed by atoms with Crippen molar-refractivity contribution in [1.82, 2.24) is 0 Å². The van der Waals surface area contributed by atoms with Crippen LogP contribution >= 0.6 is 15.9 Å². The maximum absolute atomic E-state index is 11.6. The number of rotatable bonds is 6. The normalized spacial score (nSPS) is 27.8. The summed E-state index contributed by atoms with van der Waals surface area (Å²) >= 11 is 3.62. The minimum atomic E-state index is -2.74. The maximum Gasteiger partial charge on any atom is 0.150 e. The minimum absolute atomic E-state index is 0.208. The van der Waals surface area contributed by atoms with Crippen molar-refractivity contribution in [1.29, 1.82) is 0 Å². The molecule has 0 spiro atoms. The van der Waals surface area contributed by atoms with Crippen LogP contribution in [0.15, 0.2) is 0 Å². The Kier molecular flexibility index (Phi) is 5.30. The summed E-state index contributed by atoms with van der Waals surface area (Å²) in [5.74, 6) is 1.18. The summed E-state index contributed by atoms with van der Waals surface area (Å²) in [4.78, 5) is 0. The van der Waals surface area contributed by atoms with E-state index in [-0.39, 0.29) is 5.41 Å². The molecule has 0 radical (unpaired) electrons. The van der Waals surface area contributed by atoms with Crippen LogP contribution in [-0.2, 0) is 9.84 Å². The fraction of sp³-hybridized carbons (Fsp3) is 1.00. The van der Waals surface area contributed by atoms with Gasteiger partial charge in [-0.05, 0) is 30.6 Å². The smallest absolute Gasteiger partial charge is 0.150 e. The summed E-state index contributed by atoms with van der Waals surface area (Å²) in [6, 6.07) is 0. The van der Waals surface area contributed by atoms with E-state index in [0.29, 0.717) is 17.4 Å². The number of hydrogen-bond donors (Lipinski definition) is 0. The summed E-state index contributed by atoms with van der Waals surface area (Å²) in [6.45, 7) is 4.39. The Morgan fingerprint density at radius 3 is 2.44 bits per heavy atom. The molecule has 1 heterocycles. The zero-order chi connectivity index (χ0) is 12.2. The van der Waals surface area contributed by atoms with E-state index in [4.69, 9.17) is 0 Å². The first kappa shape index (κ1) is 14.5. The van der Waals surface area contributed by atoms with E-state index in [1.807, 2.05) is 0 Å². The van der Waals surface area contributed by atoms with Gasteiger partial charge in [0.05, 0.1) is 11.5 Å². The van der Waals surface area contributed by atoms with Crippen molar-refractivity contribution in [3.05, 3.63) is 0 Å². The van der Waals surface area contributed by atoms with E-state index >= 15 is 0 Å². The van der Waals surface area contributed by atoms with Gasteiger partial charge in [0.2, 0.25) is 0 Å². The fourth-order valence-electron chi connectivity index (χ4n) is 2.75. The summed E-state index contributed by atoms with van der Waals surface area (Å²) in [6.07, 6.45) is 5.50. The second-order valence-corrected chi connectivity index (χ2v) is 7.84. The van der Waals surface area contributed by atoms with Crippen molar-refractivity contribution in [2.75, 3.05) is 16.8 Å². The van der Waals surface area contributed by atoms with E-state index < -0.39 is 9.84 Å². The third kappa shape index (κ3) is 3.22. The van der Waals surface area contributed by atoms with Crippen LogP contribution in [0, 0.1) is 11.3 Å². The number of hydrogen-bond acceptors (Lipinski definition) is 2. The van der Waals surface area contributed by atoms with Crippen molar-refractivity contribution in [3.63, 3.8) is 0 Å². The Balaban J connectivity index is 2.77. The van der Waals surface area contributed by atoms with Crippen LogP contribution < -0.4 is 0 Å². The van der Waals surface area contributed by atoms with Crippen molar-refractivity contribution in [2.45, 2.75) is 46.0 Å². The maximum atomic E-state index is 11.6. The van der Waals surface area contributed by atoms with Gasteiger partial charge in [-0.3, -0.25) is 0 Å². The molecule has 2 unspecified atom stereocenters. The highest BCUT2D eigenvalue weighted by Gasteiger charge is 2.42. The highest BCUT2D eigenvalue weighted by atomic mass is 79.9. The Hall–Kier alpha value is 0.430. The molecule has 1 fully saturated rings. The topological polar surface area (TPSA) is 34.1 Å². The van der Waals surface area contributed by atoms with Crippen LogP contribution in [0.25, 0.3) is 0 Å². The lowest BCUT2D eigenvalue weighted by atomic mass is 9.71. The van der Waals surface area contributed by atoms with Crippen LogP contribution in [0.3, 0.4) is 0 Å². The molecule has 1 saturated heterocycles. The highest BCUT2D eigenvalue weighted by molar-refractivity contribution is 9.09. The monoisotopic (exact) mass is 310 g/mol. The molecule has 96 valence electrons. The van der Waals surface area contributed by atoms with Crippen LogP contribution in [0.5, 0.6) is 0 Å². The van der Waals surface area contributed by atoms with E-state index in [2.05, 4.69) is 29.8 Å². The first-order valence-corrected chi connectivity index (χ1v) is 9.20. The van der Waals surface area contributed by atoms with Gasteiger partial charge >= 0.3 is 0 Å². The molecule has 0 aromatic rings. The third-order valence-corrected chi connectivity index (χ3v) is 6.98. The van der Waals surface area contributed by atoms with E-state index in [9.17, 15) is 8.42 Å². The predicted molar refractivity (Wildman–Crippen MR) is 72.8 cm³/mol. The zero-order valence-electron chi connectivity index (χ0n) is 10.3. The molecule has 0 aliphatic carbocycles. The summed E-state index contributed by atoms with van der Waals surface area (Å²) in [7, 11) is -2.74. The number of alkyl halides is 1. The average Bonchev–Trinajstić information content (AvgIpc) is 2.62. The van der Waals surface area contributed by atoms with Crippen molar-refractivity contribution in [3.8, 4) is 0 Å². The standard InChI is InChI=1S/C12H23BrO2S/c1-3-5-7-12(4-2,10-13)11-6-8-16(14,15)9-11/h11H,3-10H2,1-2H3. The lowest BCUT2D eigenvalue weighted by molar-refractivity contribution is 0.183. The molecule has 0 saturated carbocycles. The first-order chi connectivity index (χ1) is 7.49. The summed E-state index contributed by atoms with van der Waals surface area (Å²) in [5.41, 5.74) is 0.208. The molecular weight excluding hydrogens is 288 g/mol. The fourth-order valence-corrected chi connectivity index (χ4v) is 5.83. The molecule has 0 N–H and O–H groups in total. The molecular formula is C12H23BrO2S. The Bertz CT molecular complexity index is 307. The molecule has 16 heavy (non-hydrogen) atoms. The lowest BCUT2D eigenvalue weighted by Gasteiger charge is -2.36. The molecule has 0 aromatic heterocycles. The summed E-state index contributed by atoms with van der Waals surface area (Å²) in [5, 5.41) is 0.941. The van der Waals surface area contributed by atoms with Crippen LogP contribution in [0.1, 0.15) is 46.0 Å². The van der Waals surface area contributed by atoms with Crippen LogP contribution in [0.2, 0.25) is 0 Å². The largest absolute Gasteiger partial charge is 0.229 e. The molecule has 2 nitrogen and oxygen atoms in total. The van der Waals surface area contributed by atoms with Gasteiger partial charge in [-0.1, -0.05) is 42.6 Å². The van der Waals surface area contributed by atoms with Crippen LogP contribution in [0.4, 0.5) is 0 Å². The number of halogens is 1. The molecule has 1 aliphatic heterocycles. The van der Waals surface area contributed by atoms with E-state index in [1.165, 1.54) is 12.8 Å². The minimum Gasteiger partial charge on any atom is -0.229 e. The molecule has 1 rings (SSSR count). The lowest BCUT2D eigenvalue weighted by Crippen LogP contribution is -2.32. The molecule has 1 aliphatic rings. The van der Waals surface area contributed by atoms with Crippen molar-refractivity contribution < 1.29 is 8.42 Å². The van der Waals surface area contributed by atoms with Gasteiger partial charge < -0.3 is 0 Å². The third-order valence-electron chi connectivity index (χ3n) is 4.10. The zero-order valence-corrected chi connectivity index (χ0v) is 12.7. The van der Waals surface area contributed by atoms with Gasteiger partial charge in [0.15, 0.2) is 9.84 Å². The highest BCUT2D eigenvalue weighted by Crippen LogP contribution is 2.44. The second kappa shape index (κ2) is 5.85. The second-order valence-electron chi connectivity index (χ2n) is 5.05. The van der Waals surface area contributed by atoms with Gasteiger partial charge in [0, 0.05) is 5.33 Å². The van der Waals surface area contributed by atoms with Crippen LogP contribution in [-0.4, -0.2) is 25.3 Å². The summed E-state index contributed by atoms with van der Waals surface area (Å²) < 4.78 is 23.2. The van der Waals surface area contributed by atoms with E-state index in [0.717, 1.165) is 24.6 Å². The van der Waals surface area contributed by atoms with Gasteiger partial charge in [-0.25, -0.2) is 8.42 Å². The molecule has 0 bridgehead atoms. The Morgan fingerprint density at radius 2 is 2.06 bits per heavy atom. The quantitative estimate of drug-likeness (QED) is 0.705. The molecule has 0 amide bonds. The molecule has 4 heteroatoms.